The van der Waals surface area contributed by atoms with Crippen LogP contribution < -0.4 is 0 Å². The van der Waals surface area contributed by atoms with Gasteiger partial charge in [0.2, 0.25) is 0 Å². The van der Waals surface area contributed by atoms with Crippen molar-refractivity contribution in [3.8, 4) is 0 Å². The van der Waals surface area contributed by atoms with Crippen LogP contribution in [-0.2, 0) is 4.74 Å². The van der Waals surface area contributed by atoms with Crippen LogP contribution in [0, 0.1) is 46.8 Å². The standard InChI is InChI=1S/C23H38O2/c1-4-25-14-16-5-7-18-17(13-16)6-8-20-19(18)11-12-23(3)21(15(2)24)9-10-22(20)23/h16-22,24H,2,4-14H2,1,3H3/t16?,17?,18?,19?,20?,21-,22?,23?/m1/s1. The number of fused-ring (bicyclic) bond motifs is 5. The van der Waals surface area contributed by atoms with Crippen molar-refractivity contribution < 1.29 is 9.84 Å². The molecule has 2 nitrogen and oxygen atoms in total. The molecule has 7 unspecified atom stereocenters. The first-order valence-corrected chi connectivity index (χ1v) is 11.0. The second-order valence-electron chi connectivity index (χ2n) is 9.94. The van der Waals surface area contributed by atoms with Crippen molar-refractivity contribution in [1.82, 2.24) is 0 Å². The van der Waals surface area contributed by atoms with E-state index in [0.717, 1.165) is 48.7 Å². The molecule has 25 heavy (non-hydrogen) atoms. The van der Waals surface area contributed by atoms with Gasteiger partial charge < -0.3 is 9.84 Å². The van der Waals surface area contributed by atoms with E-state index in [1.165, 1.54) is 57.8 Å². The fourth-order valence-electron chi connectivity index (χ4n) is 7.93. The first-order valence-electron chi connectivity index (χ1n) is 11.0. The fourth-order valence-corrected chi connectivity index (χ4v) is 7.93. The molecule has 1 N–H and O–H groups in total. The van der Waals surface area contributed by atoms with E-state index in [-0.39, 0.29) is 0 Å². The predicted molar refractivity (Wildman–Crippen MR) is 102 cm³/mol. The third-order valence-electron chi connectivity index (χ3n) is 9.02. The molecular weight excluding hydrogens is 308 g/mol. The zero-order valence-electron chi connectivity index (χ0n) is 16.4. The van der Waals surface area contributed by atoms with Crippen LogP contribution in [0.3, 0.4) is 0 Å². The molecule has 0 spiro atoms. The highest BCUT2D eigenvalue weighted by atomic mass is 16.5. The molecule has 0 heterocycles. The van der Waals surface area contributed by atoms with Crippen molar-refractivity contribution in [2.24, 2.45) is 46.8 Å². The molecule has 142 valence electrons. The van der Waals surface area contributed by atoms with Gasteiger partial charge in [0.15, 0.2) is 0 Å². The Labute approximate surface area is 154 Å². The lowest BCUT2D eigenvalue weighted by molar-refractivity contribution is -0.0720. The fraction of sp³-hybridized carbons (Fsp3) is 0.913. The van der Waals surface area contributed by atoms with E-state index in [4.69, 9.17) is 4.74 Å². The van der Waals surface area contributed by atoms with Crippen LogP contribution in [0.4, 0.5) is 0 Å². The van der Waals surface area contributed by atoms with Gasteiger partial charge in [0.25, 0.3) is 0 Å². The van der Waals surface area contributed by atoms with E-state index >= 15 is 0 Å². The Kier molecular flexibility index (Phi) is 4.94. The summed E-state index contributed by atoms with van der Waals surface area (Å²) >= 11 is 0. The normalized spacial score (nSPS) is 49.1. The average molecular weight is 347 g/mol. The summed E-state index contributed by atoms with van der Waals surface area (Å²) in [7, 11) is 0. The number of allylic oxidation sites excluding steroid dienone is 1. The molecule has 4 aliphatic rings. The van der Waals surface area contributed by atoms with Crippen molar-refractivity contribution >= 4 is 0 Å². The number of aliphatic hydroxyl groups excluding tert-OH is 1. The molecule has 0 aromatic rings. The SMILES string of the molecule is C=C(O)[C@H]1CCC2C3CCC4CC(COCC)CCC4C3CCC21C. The molecule has 4 saturated carbocycles. The minimum atomic E-state index is 0.325. The summed E-state index contributed by atoms with van der Waals surface area (Å²) in [5.41, 5.74) is 0.325. The van der Waals surface area contributed by atoms with Gasteiger partial charge in [0.1, 0.15) is 0 Å². The van der Waals surface area contributed by atoms with Gasteiger partial charge in [-0.05, 0) is 106 Å². The highest BCUT2D eigenvalue weighted by Gasteiger charge is 2.57. The van der Waals surface area contributed by atoms with E-state index < -0.39 is 0 Å². The van der Waals surface area contributed by atoms with Crippen molar-refractivity contribution in [3.63, 3.8) is 0 Å². The van der Waals surface area contributed by atoms with Crippen molar-refractivity contribution in [2.75, 3.05) is 13.2 Å². The van der Waals surface area contributed by atoms with Gasteiger partial charge in [0.05, 0.1) is 5.76 Å². The summed E-state index contributed by atoms with van der Waals surface area (Å²) < 4.78 is 5.73. The van der Waals surface area contributed by atoms with E-state index in [2.05, 4.69) is 20.4 Å². The van der Waals surface area contributed by atoms with Crippen LogP contribution in [0.25, 0.3) is 0 Å². The minimum absolute atomic E-state index is 0.325. The Bertz CT molecular complexity index is 500. The molecule has 0 saturated heterocycles. The van der Waals surface area contributed by atoms with Crippen molar-refractivity contribution in [2.45, 2.75) is 71.6 Å². The highest BCUT2D eigenvalue weighted by Crippen LogP contribution is 2.65. The minimum Gasteiger partial charge on any atom is -0.513 e. The molecule has 4 aliphatic carbocycles. The number of hydrogen-bond donors (Lipinski definition) is 1. The molecular formula is C23H38O2. The van der Waals surface area contributed by atoms with Crippen LogP contribution in [-0.4, -0.2) is 18.3 Å². The van der Waals surface area contributed by atoms with Crippen LogP contribution in [0.5, 0.6) is 0 Å². The lowest BCUT2D eigenvalue weighted by Gasteiger charge is -2.56. The molecule has 2 heteroatoms. The number of ether oxygens (including phenoxy) is 1. The topological polar surface area (TPSA) is 29.5 Å². The van der Waals surface area contributed by atoms with E-state index in [1.54, 1.807) is 0 Å². The van der Waals surface area contributed by atoms with Crippen molar-refractivity contribution in [1.29, 1.82) is 0 Å². The summed E-state index contributed by atoms with van der Waals surface area (Å²) in [6, 6.07) is 0. The summed E-state index contributed by atoms with van der Waals surface area (Å²) in [5, 5.41) is 10.1. The largest absolute Gasteiger partial charge is 0.513 e. The summed E-state index contributed by atoms with van der Waals surface area (Å²) in [6.45, 7) is 10.4. The molecule has 4 rings (SSSR count). The maximum absolute atomic E-state index is 10.1. The Balaban J connectivity index is 1.45. The second-order valence-corrected chi connectivity index (χ2v) is 9.94. The van der Waals surface area contributed by atoms with Gasteiger partial charge in [-0.25, -0.2) is 0 Å². The van der Waals surface area contributed by atoms with Crippen LogP contribution in [0.1, 0.15) is 71.6 Å². The van der Waals surface area contributed by atoms with Crippen molar-refractivity contribution in [3.05, 3.63) is 12.3 Å². The second kappa shape index (κ2) is 6.91. The lowest BCUT2D eigenvalue weighted by Crippen LogP contribution is -2.48. The van der Waals surface area contributed by atoms with Gasteiger partial charge in [-0.1, -0.05) is 13.5 Å². The molecule has 4 fully saturated rings. The maximum Gasteiger partial charge on any atom is 0.0887 e. The molecule has 0 aliphatic heterocycles. The zero-order chi connectivity index (χ0) is 17.6. The van der Waals surface area contributed by atoms with Crippen LogP contribution in [0.15, 0.2) is 12.3 Å². The highest BCUT2D eigenvalue weighted by molar-refractivity contribution is 5.11. The first kappa shape index (κ1) is 17.9. The quantitative estimate of drug-likeness (QED) is 0.635. The van der Waals surface area contributed by atoms with E-state index in [9.17, 15) is 5.11 Å². The molecule has 0 aromatic heterocycles. The zero-order valence-corrected chi connectivity index (χ0v) is 16.4. The van der Waals surface area contributed by atoms with Gasteiger partial charge in [-0.2, -0.15) is 0 Å². The summed E-state index contributed by atoms with van der Waals surface area (Å²) in [4.78, 5) is 0. The van der Waals surface area contributed by atoms with Gasteiger partial charge in [-0.3, -0.25) is 0 Å². The smallest absolute Gasteiger partial charge is 0.0887 e. The van der Waals surface area contributed by atoms with E-state index in [0.29, 0.717) is 17.1 Å². The number of aliphatic hydroxyl groups is 1. The number of rotatable bonds is 4. The molecule has 8 atom stereocenters. The third kappa shape index (κ3) is 2.97. The molecule has 0 aromatic carbocycles. The Morgan fingerprint density at radius 3 is 2.60 bits per heavy atom. The summed E-state index contributed by atoms with van der Waals surface area (Å²) in [6.07, 6.45) is 12.4. The predicted octanol–water partition coefficient (Wildman–Crippen LogP) is 5.98. The van der Waals surface area contributed by atoms with Gasteiger partial charge in [0, 0.05) is 19.1 Å². The molecule has 0 radical (unpaired) electrons. The Morgan fingerprint density at radius 1 is 1.04 bits per heavy atom. The third-order valence-corrected chi connectivity index (χ3v) is 9.02. The number of hydrogen-bond acceptors (Lipinski definition) is 2. The summed E-state index contributed by atoms with van der Waals surface area (Å²) in [5.74, 6) is 6.32. The monoisotopic (exact) mass is 346 g/mol. The Hall–Kier alpha value is -0.500. The average Bonchev–Trinajstić information content (AvgIpc) is 2.97. The van der Waals surface area contributed by atoms with E-state index in [1.807, 2.05) is 0 Å². The first-order chi connectivity index (χ1) is 12.0. The molecule has 0 bridgehead atoms. The molecule has 0 amide bonds. The van der Waals surface area contributed by atoms with Gasteiger partial charge >= 0.3 is 0 Å². The van der Waals surface area contributed by atoms with Gasteiger partial charge in [-0.15, -0.1) is 0 Å². The lowest BCUT2D eigenvalue weighted by atomic mass is 9.49. The Morgan fingerprint density at radius 2 is 1.84 bits per heavy atom. The van der Waals surface area contributed by atoms with Crippen LogP contribution in [0.2, 0.25) is 0 Å². The van der Waals surface area contributed by atoms with Crippen LogP contribution >= 0.6 is 0 Å². The maximum atomic E-state index is 10.1.